The second-order valence-electron chi connectivity index (χ2n) is 8.94. The quantitative estimate of drug-likeness (QED) is 0.585. The minimum absolute atomic E-state index is 0.0573. The molecule has 0 spiro atoms. The maximum atomic E-state index is 13.3. The molecule has 34 heavy (non-hydrogen) atoms. The monoisotopic (exact) mass is 457 g/mol. The molecule has 0 radical (unpaired) electrons. The summed E-state index contributed by atoms with van der Waals surface area (Å²) in [5, 5.41) is 3.30. The number of ether oxygens (including phenoxy) is 2. The Morgan fingerprint density at radius 1 is 0.853 bits per heavy atom. The highest BCUT2D eigenvalue weighted by atomic mass is 16.7. The largest absolute Gasteiger partial charge is 0.454 e. The van der Waals surface area contributed by atoms with E-state index in [1.54, 1.807) is 0 Å². The zero-order valence-electron chi connectivity index (χ0n) is 19.5. The first-order valence-corrected chi connectivity index (χ1v) is 11.9. The van der Waals surface area contributed by atoms with Crippen LogP contribution in [0.2, 0.25) is 0 Å². The van der Waals surface area contributed by atoms with Crippen molar-refractivity contribution in [1.82, 2.24) is 15.1 Å². The number of carbonyl (C=O) groups is 1. The summed E-state index contributed by atoms with van der Waals surface area (Å²) in [7, 11) is 0. The van der Waals surface area contributed by atoms with Crippen molar-refractivity contribution in [3.05, 3.63) is 95.6 Å². The third-order valence-corrected chi connectivity index (χ3v) is 6.73. The summed E-state index contributed by atoms with van der Waals surface area (Å²) >= 11 is 0. The molecule has 0 aliphatic carbocycles. The Morgan fingerprint density at radius 3 is 2.12 bits per heavy atom. The maximum Gasteiger partial charge on any atom is 0.237 e. The Hall–Kier alpha value is -3.35. The van der Waals surface area contributed by atoms with Gasteiger partial charge in [-0.3, -0.25) is 14.6 Å². The molecular weight excluding hydrogens is 426 g/mol. The number of nitrogens with one attached hydrogen (secondary N) is 1. The summed E-state index contributed by atoms with van der Waals surface area (Å²) in [6.45, 7) is 6.75. The molecule has 1 atom stereocenters. The zero-order chi connectivity index (χ0) is 23.3. The topological polar surface area (TPSA) is 54.0 Å². The normalized spacial score (nSPS) is 17.0. The molecule has 0 saturated carbocycles. The summed E-state index contributed by atoms with van der Waals surface area (Å²) in [6.07, 6.45) is 0. The van der Waals surface area contributed by atoms with Crippen LogP contribution in [-0.2, 0) is 11.3 Å². The maximum absolute atomic E-state index is 13.3. The van der Waals surface area contributed by atoms with E-state index in [1.807, 2.05) is 49.4 Å². The van der Waals surface area contributed by atoms with Crippen molar-refractivity contribution < 1.29 is 14.3 Å². The molecule has 1 unspecified atom stereocenters. The minimum Gasteiger partial charge on any atom is -0.454 e. The van der Waals surface area contributed by atoms with Crippen LogP contribution in [0.15, 0.2) is 78.9 Å². The van der Waals surface area contributed by atoms with Gasteiger partial charge < -0.3 is 14.8 Å². The van der Waals surface area contributed by atoms with Gasteiger partial charge in [-0.1, -0.05) is 66.7 Å². The highest BCUT2D eigenvalue weighted by Gasteiger charge is 2.28. The highest BCUT2D eigenvalue weighted by Crippen LogP contribution is 2.33. The second kappa shape index (κ2) is 10.3. The van der Waals surface area contributed by atoms with Crippen LogP contribution in [-0.4, -0.2) is 54.7 Å². The van der Waals surface area contributed by atoms with Crippen molar-refractivity contribution in [3.63, 3.8) is 0 Å². The Balaban J connectivity index is 1.18. The van der Waals surface area contributed by atoms with Crippen molar-refractivity contribution in [2.24, 2.45) is 0 Å². The Bertz CT molecular complexity index is 1060. The van der Waals surface area contributed by atoms with Crippen LogP contribution in [0.25, 0.3) is 0 Å². The van der Waals surface area contributed by atoms with E-state index in [9.17, 15) is 4.79 Å². The van der Waals surface area contributed by atoms with Gasteiger partial charge >= 0.3 is 0 Å². The predicted octanol–water partition coefficient (Wildman–Crippen LogP) is 3.83. The molecule has 0 bridgehead atoms. The van der Waals surface area contributed by atoms with Gasteiger partial charge in [0.15, 0.2) is 11.5 Å². The third-order valence-electron chi connectivity index (χ3n) is 6.73. The lowest BCUT2D eigenvalue weighted by molar-refractivity contribution is -0.127. The van der Waals surface area contributed by atoms with Crippen LogP contribution in [0.5, 0.6) is 11.5 Å². The molecule has 1 fully saturated rings. The van der Waals surface area contributed by atoms with E-state index in [-0.39, 0.29) is 18.0 Å². The molecule has 1 N–H and O–H groups in total. The Kier molecular flexibility index (Phi) is 6.79. The van der Waals surface area contributed by atoms with Crippen molar-refractivity contribution in [2.75, 3.05) is 33.0 Å². The second-order valence-corrected chi connectivity index (χ2v) is 8.94. The lowest BCUT2D eigenvalue weighted by atomic mass is 9.98. The van der Waals surface area contributed by atoms with E-state index in [0.29, 0.717) is 6.79 Å². The van der Waals surface area contributed by atoms with Crippen LogP contribution in [0.1, 0.15) is 29.7 Å². The van der Waals surface area contributed by atoms with Crippen LogP contribution in [0, 0.1) is 0 Å². The summed E-state index contributed by atoms with van der Waals surface area (Å²) in [5.41, 5.74) is 3.39. The highest BCUT2D eigenvalue weighted by molar-refractivity contribution is 5.82. The summed E-state index contributed by atoms with van der Waals surface area (Å²) < 4.78 is 10.9. The van der Waals surface area contributed by atoms with Gasteiger partial charge in [0.25, 0.3) is 0 Å². The molecule has 5 rings (SSSR count). The summed E-state index contributed by atoms with van der Waals surface area (Å²) in [4.78, 5) is 18.0. The summed E-state index contributed by atoms with van der Waals surface area (Å²) in [6, 6.07) is 26.1. The number of hydrogen-bond donors (Lipinski definition) is 1. The first-order chi connectivity index (χ1) is 16.7. The van der Waals surface area contributed by atoms with Gasteiger partial charge in [-0.05, 0) is 35.7 Å². The van der Waals surface area contributed by atoms with Crippen LogP contribution in [0.4, 0.5) is 0 Å². The van der Waals surface area contributed by atoms with Gasteiger partial charge in [-0.2, -0.15) is 0 Å². The fraction of sp³-hybridized carbons (Fsp3) is 0.321. The molecule has 0 aromatic heterocycles. The van der Waals surface area contributed by atoms with Crippen LogP contribution < -0.4 is 14.8 Å². The molecule has 6 nitrogen and oxygen atoms in total. The first kappa shape index (κ1) is 22.4. The van der Waals surface area contributed by atoms with Gasteiger partial charge in [0.05, 0.1) is 12.1 Å². The molecule has 6 heteroatoms. The molecule has 2 aliphatic rings. The predicted molar refractivity (Wildman–Crippen MR) is 132 cm³/mol. The van der Waals surface area contributed by atoms with Crippen LogP contribution >= 0.6 is 0 Å². The first-order valence-electron chi connectivity index (χ1n) is 11.9. The molecule has 1 saturated heterocycles. The third kappa shape index (κ3) is 5.08. The lowest BCUT2D eigenvalue weighted by Crippen LogP contribution is -2.54. The lowest BCUT2D eigenvalue weighted by Gasteiger charge is -2.38. The smallest absolute Gasteiger partial charge is 0.237 e. The van der Waals surface area contributed by atoms with E-state index in [4.69, 9.17) is 9.47 Å². The van der Waals surface area contributed by atoms with E-state index in [1.165, 1.54) is 5.56 Å². The molecule has 1 amide bonds. The SMILES string of the molecule is CC(C(=O)NC(c1ccccc1)c1ccccc1)N1CCN(Cc2ccc3c(c2)OCO3)CC1. The number of carbonyl (C=O) groups excluding carboxylic acids is 1. The van der Waals surface area contributed by atoms with E-state index < -0.39 is 0 Å². The van der Waals surface area contributed by atoms with Crippen molar-refractivity contribution in [3.8, 4) is 11.5 Å². The van der Waals surface area contributed by atoms with Crippen molar-refractivity contribution >= 4 is 5.91 Å². The number of fused-ring (bicyclic) bond motifs is 1. The van der Waals surface area contributed by atoms with Gasteiger partial charge in [0.1, 0.15) is 0 Å². The van der Waals surface area contributed by atoms with E-state index >= 15 is 0 Å². The number of rotatable bonds is 7. The number of amides is 1. The van der Waals surface area contributed by atoms with Gasteiger partial charge in [-0.25, -0.2) is 0 Å². The molecule has 2 heterocycles. The molecule has 3 aromatic carbocycles. The number of piperazine rings is 1. The Morgan fingerprint density at radius 2 is 1.47 bits per heavy atom. The van der Waals surface area contributed by atoms with E-state index in [2.05, 4.69) is 51.5 Å². The molecule has 2 aliphatic heterocycles. The molecule has 176 valence electrons. The zero-order valence-corrected chi connectivity index (χ0v) is 19.5. The average Bonchev–Trinajstić information content (AvgIpc) is 3.36. The fourth-order valence-electron chi connectivity index (χ4n) is 4.69. The summed E-state index contributed by atoms with van der Waals surface area (Å²) in [5.74, 6) is 1.70. The molecular formula is C28H31N3O3. The van der Waals surface area contributed by atoms with Gasteiger partial charge in [-0.15, -0.1) is 0 Å². The molecule has 3 aromatic rings. The minimum atomic E-state index is -0.192. The standard InChI is InChI=1S/C28H31N3O3/c1-21(28(32)29-27(23-8-4-2-5-9-23)24-10-6-3-7-11-24)31-16-14-30(15-17-31)19-22-12-13-25-26(18-22)34-20-33-25/h2-13,18,21,27H,14-17,19-20H2,1H3,(H,29,32). The van der Waals surface area contributed by atoms with Gasteiger partial charge in [0, 0.05) is 32.7 Å². The van der Waals surface area contributed by atoms with Crippen molar-refractivity contribution in [2.45, 2.75) is 25.6 Å². The number of nitrogens with zero attached hydrogens (tertiary/aromatic N) is 2. The Labute approximate surface area is 201 Å². The van der Waals surface area contributed by atoms with Crippen LogP contribution in [0.3, 0.4) is 0 Å². The average molecular weight is 458 g/mol. The van der Waals surface area contributed by atoms with Crippen molar-refractivity contribution in [1.29, 1.82) is 0 Å². The number of hydrogen-bond acceptors (Lipinski definition) is 5. The van der Waals surface area contributed by atoms with E-state index in [0.717, 1.165) is 55.3 Å². The number of benzene rings is 3. The van der Waals surface area contributed by atoms with Gasteiger partial charge in [0.2, 0.25) is 12.7 Å². The fourth-order valence-corrected chi connectivity index (χ4v) is 4.69.